The lowest BCUT2D eigenvalue weighted by Gasteiger charge is -2.33. The third-order valence-electron chi connectivity index (χ3n) is 3.94. The Labute approximate surface area is 126 Å². The van der Waals surface area contributed by atoms with Gasteiger partial charge < -0.3 is 20.1 Å². The van der Waals surface area contributed by atoms with E-state index in [1.54, 1.807) is 11.1 Å². The second kappa shape index (κ2) is 5.99. The van der Waals surface area contributed by atoms with Gasteiger partial charge in [-0.15, -0.1) is 13.2 Å². The van der Waals surface area contributed by atoms with Gasteiger partial charge in [0.15, 0.2) is 0 Å². The van der Waals surface area contributed by atoms with Crippen LogP contribution in [0.4, 0.5) is 0 Å². The zero-order valence-electron chi connectivity index (χ0n) is 13.0. The van der Waals surface area contributed by atoms with Gasteiger partial charge in [0, 0.05) is 18.2 Å². The predicted molar refractivity (Wildman–Crippen MR) is 87.5 cm³/mol. The number of carbonyl (C=O) groups excluding carboxylic acids is 1. The first-order chi connectivity index (χ1) is 9.69. The van der Waals surface area contributed by atoms with Crippen LogP contribution in [-0.4, -0.2) is 60.1 Å². The van der Waals surface area contributed by atoms with Crippen molar-refractivity contribution in [2.24, 2.45) is 5.92 Å². The standard InChI is InChI=1S/C15H25N2O3P/c1-10-14(19)12(7-9-21(3,4)5)20-15(10)17-8-6-13(18)16-11(17)2/h6,8,10,12,14-15,19H,2-3,7,9H2,1,4-5H3,(H,16,18)/t10-,12?,14+,15?/m1/s1. The molecule has 0 aromatic heterocycles. The predicted octanol–water partition coefficient (Wildman–Crippen LogP) is 1.22. The fraction of sp³-hybridized carbons (Fsp3) is 0.600. The first-order valence-corrected chi connectivity index (χ1v) is 10.2. The molecule has 2 N–H and O–H groups in total. The van der Waals surface area contributed by atoms with Crippen LogP contribution in [0.25, 0.3) is 0 Å². The molecule has 5 nitrogen and oxygen atoms in total. The largest absolute Gasteiger partial charge is 0.390 e. The highest BCUT2D eigenvalue weighted by Crippen LogP contribution is 2.39. The molecule has 0 bridgehead atoms. The zero-order valence-corrected chi connectivity index (χ0v) is 13.8. The summed E-state index contributed by atoms with van der Waals surface area (Å²) in [4.78, 5) is 13.1. The number of rotatable bonds is 4. The van der Waals surface area contributed by atoms with Gasteiger partial charge in [-0.3, -0.25) is 4.79 Å². The van der Waals surface area contributed by atoms with Gasteiger partial charge in [0.05, 0.1) is 12.2 Å². The lowest BCUT2D eigenvalue weighted by atomic mass is 10.00. The van der Waals surface area contributed by atoms with Gasteiger partial charge in [0.25, 0.3) is 5.91 Å². The Morgan fingerprint density at radius 2 is 2.19 bits per heavy atom. The summed E-state index contributed by atoms with van der Waals surface area (Å²) in [6, 6.07) is 0. The molecule has 4 atom stereocenters. The highest BCUT2D eigenvalue weighted by atomic mass is 31.2. The van der Waals surface area contributed by atoms with Crippen molar-refractivity contribution in [3.8, 4) is 0 Å². The third kappa shape index (κ3) is 3.79. The Morgan fingerprint density at radius 3 is 2.76 bits per heavy atom. The van der Waals surface area contributed by atoms with Crippen molar-refractivity contribution in [2.75, 3.05) is 19.5 Å². The fourth-order valence-electron chi connectivity index (χ4n) is 2.65. The molecule has 2 aliphatic rings. The molecule has 2 unspecified atom stereocenters. The van der Waals surface area contributed by atoms with E-state index >= 15 is 0 Å². The van der Waals surface area contributed by atoms with Crippen LogP contribution < -0.4 is 5.32 Å². The number of hydrogen-bond acceptors (Lipinski definition) is 4. The summed E-state index contributed by atoms with van der Waals surface area (Å²) in [6.07, 6.45) is 8.08. The number of nitrogens with zero attached hydrogens (tertiary/aromatic N) is 1. The molecule has 0 aliphatic carbocycles. The van der Waals surface area contributed by atoms with Crippen LogP contribution in [0.3, 0.4) is 0 Å². The van der Waals surface area contributed by atoms with E-state index in [1.807, 2.05) is 6.92 Å². The number of aliphatic hydroxyl groups excluding tert-OH is 1. The van der Waals surface area contributed by atoms with Gasteiger partial charge in [-0.05, 0) is 25.9 Å². The Balaban J connectivity index is 2.06. The highest BCUT2D eigenvalue weighted by molar-refractivity contribution is 7.72. The first-order valence-electron chi connectivity index (χ1n) is 7.16. The molecule has 0 spiro atoms. The van der Waals surface area contributed by atoms with Crippen molar-refractivity contribution in [1.82, 2.24) is 10.2 Å². The summed E-state index contributed by atoms with van der Waals surface area (Å²) in [5, 5.41) is 13.0. The van der Waals surface area contributed by atoms with Crippen molar-refractivity contribution in [3.63, 3.8) is 0 Å². The van der Waals surface area contributed by atoms with Crippen LogP contribution in [0.5, 0.6) is 0 Å². The van der Waals surface area contributed by atoms with Gasteiger partial charge in [-0.25, -0.2) is 0 Å². The van der Waals surface area contributed by atoms with Gasteiger partial charge in [0.1, 0.15) is 12.0 Å². The smallest absolute Gasteiger partial charge is 0.250 e. The van der Waals surface area contributed by atoms with Crippen LogP contribution in [0, 0.1) is 5.92 Å². The SMILES string of the molecule is C=C1NC(=O)C=CN1C1OC(CCP(=C)(C)C)[C@@H](O)[C@H]1C. The maximum absolute atomic E-state index is 11.3. The third-order valence-corrected chi connectivity index (χ3v) is 5.41. The maximum atomic E-state index is 11.3. The molecule has 1 fully saturated rings. The van der Waals surface area contributed by atoms with E-state index in [9.17, 15) is 9.90 Å². The average molecular weight is 312 g/mol. The Morgan fingerprint density at radius 1 is 1.52 bits per heavy atom. The van der Waals surface area contributed by atoms with E-state index in [2.05, 4.69) is 31.5 Å². The van der Waals surface area contributed by atoms with Crippen molar-refractivity contribution >= 4 is 19.1 Å². The quantitative estimate of drug-likeness (QED) is 0.767. The molecular formula is C15H25N2O3P. The van der Waals surface area contributed by atoms with Crippen molar-refractivity contribution < 1.29 is 14.6 Å². The molecule has 0 aromatic rings. The molecule has 21 heavy (non-hydrogen) atoms. The zero-order chi connectivity index (χ0) is 15.8. The molecule has 2 rings (SSSR count). The number of hydrogen-bond donors (Lipinski definition) is 2. The van der Waals surface area contributed by atoms with Crippen LogP contribution in [0.15, 0.2) is 24.7 Å². The van der Waals surface area contributed by atoms with Crippen LogP contribution in [0.2, 0.25) is 0 Å². The summed E-state index contributed by atoms with van der Waals surface area (Å²) in [5.74, 6) is 0.234. The second-order valence-corrected chi connectivity index (χ2v) is 10.8. The van der Waals surface area contributed by atoms with Crippen LogP contribution >= 0.6 is 6.89 Å². The van der Waals surface area contributed by atoms with E-state index in [4.69, 9.17) is 4.74 Å². The molecule has 118 valence electrons. The number of nitrogens with one attached hydrogen (secondary N) is 1. The molecular weight excluding hydrogens is 287 g/mol. The van der Waals surface area contributed by atoms with E-state index in [1.165, 1.54) is 6.08 Å². The Kier molecular flexibility index (Phi) is 4.66. The molecule has 2 heterocycles. The molecule has 0 radical (unpaired) electrons. The van der Waals surface area contributed by atoms with Gasteiger partial charge >= 0.3 is 0 Å². The van der Waals surface area contributed by atoms with Crippen LogP contribution in [0.1, 0.15) is 13.3 Å². The van der Waals surface area contributed by atoms with Crippen LogP contribution in [-0.2, 0) is 9.53 Å². The molecule has 1 saturated heterocycles. The Hall–Kier alpha value is -1.03. The summed E-state index contributed by atoms with van der Waals surface area (Å²) in [6.45, 7) is 9.02. The minimum Gasteiger partial charge on any atom is -0.390 e. The summed E-state index contributed by atoms with van der Waals surface area (Å²) < 4.78 is 6.03. The minimum atomic E-state index is -1.13. The monoisotopic (exact) mass is 312 g/mol. The molecule has 0 aromatic carbocycles. The summed E-state index contributed by atoms with van der Waals surface area (Å²) >= 11 is 0. The lowest BCUT2D eigenvalue weighted by molar-refractivity contribution is -0.117. The van der Waals surface area contributed by atoms with Gasteiger partial charge in [-0.1, -0.05) is 13.5 Å². The van der Waals surface area contributed by atoms with E-state index in [-0.39, 0.29) is 24.2 Å². The normalized spacial score (nSPS) is 33.4. The minimum absolute atomic E-state index is 0.0577. The fourth-order valence-corrected chi connectivity index (χ4v) is 3.60. The molecule has 6 heteroatoms. The van der Waals surface area contributed by atoms with Gasteiger partial charge in [0.2, 0.25) is 0 Å². The lowest BCUT2D eigenvalue weighted by Crippen LogP contribution is -2.43. The van der Waals surface area contributed by atoms with Crippen molar-refractivity contribution in [1.29, 1.82) is 0 Å². The van der Waals surface area contributed by atoms with Gasteiger partial charge in [-0.2, -0.15) is 0 Å². The van der Waals surface area contributed by atoms with E-state index < -0.39 is 13.0 Å². The first kappa shape index (κ1) is 16.3. The number of aliphatic hydroxyl groups is 1. The van der Waals surface area contributed by atoms with E-state index in [0.29, 0.717) is 5.82 Å². The second-order valence-electron chi connectivity index (χ2n) is 6.52. The maximum Gasteiger partial charge on any atom is 0.250 e. The Bertz CT molecular complexity index is 511. The van der Waals surface area contributed by atoms with E-state index in [0.717, 1.165) is 12.6 Å². The molecule has 1 amide bonds. The summed E-state index contributed by atoms with van der Waals surface area (Å²) in [5.41, 5.74) is 0. The van der Waals surface area contributed by atoms with Crippen molar-refractivity contribution in [3.05, 3.63) is 24.7 Å². The number of amides is 1. The topological polar surface area (TPSA) is 61.8 Å². The number of carbonyl (C=O) groups is 1. The molecule has 2 aliphatic heterocycles. The van der Waals surface area contributed by atoms with Crippen molar-refractivity contribution in [2.45, 2.75) is 31.8 Å². The highest BCUT2D eigenvalue weighted by Gasteiger charge is 2.44. The summed E-state index contributed by atoms with van der Waals surface area (Å²) in [7, 11) is 0. The average Bonchev–Trinajstić information content (AvgIpc) is 2.64. The molecule has 0 saturated carbocycles. The number of ether oxygens (including phenoxy) is 1.